The Bertz CT molecular complexity index is 1370. The first-order valence-electron chi connectivity index (χ1n) is 11.9. The van der Waals surface area contributed by atoms with E-state index < -0.39 is 11.5 Å². The van der Waals surface area contributed by atoms with Crippen molar-refractivity contribution in [3.63, 3.8) is 0 Å². The van der Waals surface area contributed by atoms with Gasteiger partial charge in [-0.1, -0.05) is 48.6 Å². The predicted octanol–water partition coefficient (Wildman–Crippen LogP) is 6.74. The van der Waals surface area contributed by atoms with Gasteiger partial charge in [-0.15, -0.1) is 0 Å². The summed E-state index contributed by atoms with van der Waals surface area (Å²) in [5.41, 5.74) is 6.22. The zero-order valence-corrected chi connectivity index (χ0v) is 21.4. The molecule has 1 aliphatic rings. The quantitative estimate of drug-likeness (QED) is 0.289. The molecule has 1 heterocycles. The first kappa shape index (κ1) is 25.0. The van der Waals surface area contributed by atoms with E-state index in [0.29, 0.717) is 11.3 Å². The molecule has 0 atom stereocenters. The summed E-state index contributed by atoms with van der Waals surface area (Å²) in [5.74, 6) is 0.109. The Morgan fingerprint density at radius 1 is 1.00 bits per heavy atom. The molecule has 5 nitrogen and oxygen atoms in total. The second-order valence-electron chi connectivity index (χ2n) is 9.49. The normalized spacial score (nSPS) is 13.9. The van der Waals surface area contributed by atoms with Gasteiger partial charge in [-0.2, -0.15) is 0 Å². The van der Waals surface area contributed by atoms with Gasteiger partial charge < -0.3 is 9.47 Å². The van der Waals surface area contributed by atoms with Crippen molar-refractivity contribution in [2.45, 2.75) is 39.8 Å². The van der Waals surface area contributed by atoms with Crippen LogP contribution in [0.2, 0.25) is 0 Å². The van der Waals surface area contributed by atoms with Gasteiger partial charge in [0.25, 0.3) is 5.91 Å². The maximum absolute atomic E-state index is 13.0. The lowest BCUT2D eigenvalue weighted by atomic mass is 9.83. The van der Waals surface area contributed by atoms with Crippen LogP contribution in [0.15, 0.2) is 79.4 Å². The van der Waals surface area contributed by atoms with Gasteiger partial charge in [0.2, 0.25) is 0 Å². The van der Waals surface area contributed by atoms with Crippen molar-refractivity contribution in [3.05, 3.63) is 102 Å². The van der Waals surface area contributed by atoms with E-state index in [-0.39, 0.29) is 12.5 Å². The number of carbonyl (C=O) groups excluding carboxylic acids is 2. The molecule has 0 saturated carbocycles. The van der Waals surface area contributed by atoms with E-state index in [1.54, 1.807) is 36.3 Å². The second-order valence-corrected chi connectivity index (χ2v) is 9.49. The number of anilines is 1. The monoisotopic (exact) mass is 481 g/mol. The number of carbonyl (C=O) groups is 2. The lowest BCUT2D eigenvalue weighted by Gasteiger charge is -2.42. The minimum absolute atomic E-state index is 0.0328. The van der Waals surface area contributed by atoms with Crippen molar-refractivity contribution in [3.8, 4) is 16.9 Å². The van der Waals surface area contributed by atoms with E-state index in [0.717, 1.165) is 39.1 Å². The minimum atomic E-state index is -0.553. The predicted molar refractivity (Wildman–Crippen MR) is 144 cm³/mol. The number of methoxy groups -OCH3 is 1. The summed E-state index contributed by atoms with van der Waals surface area (Å²) >= 11 is 0. The maximum Gasteiger partial charge on any atom is 0.338 e. The Hall–Kier alpha value is -4.12. The summed E-state index contributed by atoms with van der Waals surface area (Å²) in [7, 11) is 1.64. The number of benzene rings is 3. The Kier molecular flexibility index (Phi) is 6.84. The molecular weight excluding hydrogens is 450 g/mol. The molecule has 0 aliphatic carbocycles. The highest BCUT2D eigenvalue weighted by atomic mass is 16.5. The number of hydrogen-bond donors (Lipinski definition) is 0. The van der Waals surface area contributed by atoms with Crippen LogP contribution >= 0.6 is 0 Å². The van der Waals surface area contributed by atoms with Gasteiger partial charge in [-0.05, 0) is 75.2 Å². The molecule has 3 aromatic carbocycles. The number of rotatable bonds is 6. The molecule has 5 heteroatoms. The molecule has 36 heavy (non-hydrogen) atoms. The third-order valence-electron chi connectivity index (χ3n) is 6.47. The highest BCUT2D eigenvalue weighted by Gasteiger charge is 2.36. The zero-order valence-electron chi connectivity index (χ0n) is 21.4. The molecule has 0 radical (unpaired) electrons. The Balaban J connectivity index is 1.93. The second kappa shape index (κ2) is 9.86. The van der Waals surface area contributed by atoms with Crippen LogP contribution in [-0.2, 0) is 16.1 Å². The van der Waals surface area contributed by atoms with E-state index >= 15 is 0 Å². The van der Waals surface area contributed by atoms with Crippen molar-refractivity contribution in [1.29, 1.82) is 0 Å². The summed E-state index contributed by atoms with van der Waals surface area (Å²) in [6, 6.07) is 18.8. The minimum Gasteiger partial charge on any atom is -0.496 e. The van der Waals surface area contributed by atoms with Gasteiger partial charge in [0, 0.05) is 16.7 Å². The molecule has 0 saturated heterocycles. The Morgan fingerprint density at radius 3 is 2.39 bits per heavy atom. The standard InChI is InChI=1S/C31H31NO4/c1-7-28(33)32-26-15-14-23(24-17-20(2)13-16-27(24)35-6)25(29(26)21(3)18-31(32,4)5)19-36-30(34)22-11-9-8-10-12-22/h7-18H,1,19H2,2-6H3. The van der Waals surface area contributed by atoms with Crippen LogP contribution in [0.25, 0.3) is 16.7 Å². The summed E-state index contributed by atoms with van der Waals surface area (Å²) < 4.78 is 11.5. The van der Waals surface area contributed by atoms with Crippen molar-refractivity contribution >= 4 is 23.1 Å². The lowest BCUT2D eigenvalue weighted by molar-refractivity contribution is -0.114. The third kappa shape index (κ3) is 4.57. The summed E-state index contributed by atoms with van der Waals surface area (Å²) in [6.45, 7) is 11.8. The topological polar surface area (TPSA) is 55.8 Å². The van der Waals surface area contributed by atoms with Crippen molar-refractivity contribution in [2.75, 3.05) is 12.0 Å². The third-order valence-corrected chi connectivity index (χ3v) is 6.47. The van der Waals surface area contributed by atoms with Crippen molar-refractivity contribution < 1.29 is 19.1 Å². The van der Waals surface area contributed by atoms with Crippen molar-refractivity contribution in [1.82, 2.24) is 0 Å². The number of hydrogen-bond acceptors (Lipinski definition) is 4. The first-order valence-corrected chi connectivity index (χ1v) is 11.9. The molecular formula is C31H31NO4. The number of allylic oxidation sites excluding steroid dienone is 1. The fourth-order valence-electron chi connectivity index (χ4n) is 4.96. The van der Waals surface area contributed by atoms with Gasteiger partial charge in [0.05, 0.1) is 23.9 Å². The molecule has 0 N–H and O–H groups in total. The SMILES string of the molecule is C=CC(=O)N1c2ccc(-c3cc(C)ccc3OC)c(COC(=O)c3ccccc3)c2C(C)=CC1(C)C. The van der Waals surface area contributed by atoms with Gasteiger partial charge >= 0.3 is 5.97 Å². The number of aryl methyl sites for hydroxylation is 1. The molecule has 3 aromatic rings. The van der Waals surface area contributed by atoms with Crippen LogP contribution in [0, 0.1) is 6.92 Å². The highest BCUT2D eigenvalue weighted by Crippen LogP contribution is 2.45. The van der Waals surface area contributed by atoms with Gasteiger partial charge in [-0.3, -0.25) is 9.69 Å². The van der Waals surface area contributed by atoms with Crippen LogP contribution in [0.3, 0.4) is 0 Å². The van der Waals surface area contributed by atoms with Crippen LogP contribution in [0.1, 0.15) is 47.8 Å². The lowest BCUT2D eigenvalue weighted by Crippen LogP contribution is -2.48. The maximum atomic E-state index is 13.0. The van der Waals surface area contributed by atoms with Crippen LogP contribution in [0.4, 0.5) is 5.69 Å². The number of amides is 1. The average molecular weight is 482 g/mol. The van der Waals surface area contributed by atoms with Gasteiger partial charge in [0.15, 0.2) is 0 Å². The number of esters is 1. The van der Waals surface area contributed by atoms with E-state index in [1.165, 1.54) is 6.08 Å². The molecule has 0 fully saturated rings. The highest BCUT2D eigenvalue weighted by molar-refractivity contribution is 6.07. The van der Waals surface area contributed by atoms with Gasteiger partial charge in [0.1, 0.15) is 12.4 Å². The van der Waals surface area contributed by atoms with Crippen molar-refractivity contribution in [2.24, 2.45) is 0 Å². The van der Waals surface area contributed by atoms with Crippen LogP contribution in [-0.4, -0.2) is 24.5 Å². The first-order chi connectivity index (χ1) is 17.2. The molecule has 1 aliphatic heterocycles. The van der Waals surface area contributed by atoms with E-state index in [1.807, 2.05) is 58.0 Å². The molecule has 184 valence electrons. The molecule has 0 bridgehead atoms. The summed E-state index contributed by atoms with van der Waals surface area (Å²) in [6.07, 6.45) is 3.39. The molecule has 0 aromatic heterocycles. The number of fused-ring (bicyclic) bond motifs is 1. The van der Waals surface area contributed by atoms with Crippen LogP contribution in [0.5, 0.6) is 5.75 Å². The fourth-order valence-corrected chi connectivity index (χ4v) is 4.96. The summed E-state index contributed by atoms with van der Waals surface area (Å²) in [4.78, 5) is 27.6. The number of ether oxygens (including phenoxy) is 2. The number of nitrogens with zero attached hydrogens (tertiary/aromatic N) is 1. The average Bonchev–Trinajstić information content (AvgIpc) is 2.86. The molecule has 0 unspecified atom stereocenters. The smallest absolute Gasteiger partial charge is 0.338 e. The fraction of sp³-hybridized carbons (Fsp3) is 0.226. The van der Waals surface area contributed by atoms with Gasteiger partial charge in [-0.25, -0.2) is 4.79 Å². The molecule has 4 rings (SSSR count). The van der Waals surface area contributed by atoms with Crippen LogP contribution < -0.4 is 9.64 Å². The van der Waals surface area contributed by atoms with E-state index in [9.17, 15) is 9.59 Å². The Morgan fingerprint density at radius 2 is 1.72 bits per heavy atom. The Labute approximate surface area is 212 Å². The zero-order chi connectivity index (χ0) is 26.0. The van der Waals surface area contributed by atoms with E-state index in [2.05, 4.69) is 18.7 Å². The molecule has 0 spiro atoms. The molecule has 1 amide bonds. The largest absolute Gasteiger partial charge is 0.496 e. The summed E-state index contributed by atoms with van der Waals surface area (Å²) in [5, 5.41) is 0. The van der Waals surface area contributed by atoms with E-state index in [4.69, 9.17) is 9.47 Å².